The van der Waals surface area contributed by atoms with Crippen LogP contribution in [-0.2, 0) is 11.3 Å². The molecule has 25 heavy (non-hydrogen) atoms. The van der Waals surface area contributed by atoms with E-state index < -0.39 is 0 Å². The van der Waals surface area contributed by atoms with E-state index >= 15 is 0 Å². The van der Waals surface area contributed by atoms with Gasteiger partial charge >= 0.3 is 0 Å². The van der Waals surface area contributed by atoms with Crippen LogP contribution in [0, 0.1) is 5.92 Å². The van der Waals surface area contributed by atoms with Gasteiger partial charge in [0.05, 0.1) is 0 Å². The average molecular weight is 348 g/mol. The lowest BCUT2D eigenvalue weighted by Crippen LogP contribution is -2.49. The van der Waals surface area contributed by atoms with E-state index in [-0.39, 0.29) is 25.2 Å². The van der Waals surface area contributed by atoms with Gasteiger partial charge in [-0.25, -0.2) is 0 Å². The molecule has 5 heteroatoms. The van der Waals surface area contributed by atoms with Crippen molar-refractivity contribution in [2.45, 2.75) is 46.7 Å². The van der Waals surface area contributed by atoms with Gasteiger partial charge in [0.1, 0.15) is 0 Å². The maximum Gasteiger partial charge on any atom is 0.251 e. The Bertz CT molecular complexity index is 598. The van der Waals surface area contributed by atoms with Gasteiger partial charge in [-0.2, -0.15) is 0 Å². The highest BCUT2D eigenvalue weighted by atomic mass is 16.2. The maximum atomic E-state index is 12.3. The molecule has 1 aliphatic heterocycles. The van der Waals surface area contributed by atoms with Crippen molar-refractivity contribution in [3.8, 4) is 0 Å². The number of rotatable bonds is 6. The highest BCUT2D eigenvalue weighted by molar-refractivity contribution is 5.94. The number of piperazine rings is 1. The van der Waals surface area contributed by atoms with Gasteiger partial charge in [0.15, 0.2) is 0 Å². The molecule has 1 aromatic rings. The second kappa shape index (κ2) is 8.99. The molecule has 140 valence electrons. The summed E-state index contributed by atoms with van der Waals surface area (Å²) in [4.78, 5) is 28.7. The van der Waals surface area contributed by atoms with Crippen LogP contribution in [-0.4, -0.2) is 53.8 Å². The molecule has 1 N–H and O–H groups in total. The predicted octanol–water partition coefficient (Wildman–Crippen LogP) is 2.76. The summed E-state index contributed by atoms with van der Waals surface area (Å²) >= 11 is 0. The van der Waals surface area contributed by atoms with Gasteiger partial charge in [0, 0.05) is 51.7 Å². The fraction of sp³-hybridized carbons (Fsp3) is 0.600. The van der Waals surface area contributed by atoms with Gasteiger partial charge in [-0.05, 0) is 38.0 Å². The van der Waals surface area contributed by atoms with Crippen molar-refractivity contribution < 1.29 is 11.0 Å². The number of nitrogens with zero attached hydrogens (tertiary/aromatic N) is 2. The minimum absolute atomic E-state index is 0. The second-order valence-corrected chi connectivity index (χ2v) is 7.24. The zero-order valence-electron chi connectivity index (χ0n) is 15.9. The third-order valence-electron chi connectivity index (χ3n) is 4.73. The van der Waals surface area contributed by atoms with Crippen molar-refractivity contribution in [2.75, 3.05) is 26.2 Å². The first-order chi connectivity index (χ1) is 11.9. The third kappa shape index (κ3) is 5.56. The molecule has 2 rings (SSSR count). The number of hydrogen-bond donors (Lipinski definition) is 1. The Hall–Kier alpha value is -1.88. The Morgan fingerprint density at radius 3 is 2.44 bits per heavy atom. The molecule has 0 bridgehead atoms. The molecular weight excluding hydrogens is 314 g/mol. The fourth-order valence-corrected chi connectivity index (χ4v) is 3.03. The number of benzene rings is 1. The number of carbonyl (C=O) groups is 2. The van der Waals surface area contributed by atoms with E-state index in [4.69, 9.17) is 0 Å². The van der Waals surface area contributed by atoms with Crippen LogP contribution in [0.4, 0.5) is 0 Å². The number of nitrogens with one attached hydrogen (secondary N) is 1. The molecule has 5 nitrogen and oxygen atoms in total. The summed E-state index contributed by atoms with van der Waals surface area (Å²) in [6.45, 7) is 12.1. The molecule has 0 aliphatic carbocycles. The molecule has 2 amide bonds. The van der Waals surface area contributed by atoms with E-state index in [2.05, 4.69) is 23.2 Å². The van der Waals surface area contributed by atoms with Crippen molar-refractivity contribution in [2.24, 2.45) is 5.92 Å². The summed E-state index contributed by atoms with van der Waals surface area (Å²) in [5.74, 6) is 0.359. The molecule has 1 heterocycles. The summed E-state index contributed by atoms with van der Waals surface area (Å²) in [6, 6.07) is 7.95. The number of carbonyl (C=O) groups excluding carboxylic acids is 2. The first kappa shape index (κ1) is 19.4. The Balaban J connectivity index is 0.00000338. The molecule has 1 fully saturated rings. The first-order valence-electron chi connectivity index (χ1n) is 9.31. The topological polar surface area (TPSA) is 52.7 Å². The van der Waals surface area contributed by atoms with Crippen LogP contribution < -0.4 is 5.32 Å². The summed E-state index contributed by atoms with van der Waals surface area (Å²) in [6.07, 6.45) is 0.893. The summed E-state index contributed by atoms with van der Waals surface area (Å²) < 4.78 is 0. The highest BCUT2D eigenvalue weighted by Crippen LogP contribution is 2.13. The molecule has 0 saturated carbocycles. The first-order valence-corrected chi connectivity index (χ1v) is 9.31. The molecular formula is C20H33N3O2. The molecule has 1 aliphatic rings. The Morgan fingerprint density at radius 1 is 1.16 bits per heavy atom. The quantitative estimate of drug-likeness (QED) is 0.861. The lowest BCUT2D eigenvalue weighted by atomic mass is 10.1. The van der Waals surface area contributed by atoms with Crippen LogP contribution in [0.2, 0.25) is 0 Å². The van der Waals surface area contributed by atoms with Crippen LogP contribution in [0.25, 0.3) is 0 Å². The lowest BCUT2D eigenvalue weighted by molar-refractivity contribution is -0.136. The van der Waals surface area contributed by atoms with Crippen LogP contribution in [0.15, 0.2) is 24.3 Å². The number of amides is 2. The van der Waals surface area contributed by atoms with E-state index in [9.17, 15) is 9.59 Å². The molecule has 1 saturated heterocycles. The van der Waals surface area contributed by atoms with Gasteiger partial charge in [-0.3, -0.25) is 14.5 Å². The molecule has 0 aromatic heterocycles. The zero-order valence-corrected chi connectivity index (χ0v) is 15.9. The zero-order chi connectivity index (χ0) is 18.4. The fourth-order valence-electron chi connectivity index (χ4n) is 3.03. The predicted molar refractivity (Wildman–Crippen MR) is 102 cm³/mol. The normalized spacial score (nSPS) is 16.8. The van der Waals surface area contributed by atoms with Crippen molar-refractivity contribution in [3.63, 3.8) is 0 Å². The van der Waals surface area contributed by atoms with Crippen molar-refractivity contribution >= 4 is 11.8 Å². The lowest BCUT2D eigenvalue weighted by Gasteiger charge is -2.36. The van der Waals surface area contributed by atoms with Gasteiger partial charge in [0.25, 0.3) is 5.91 Å². The Kier molecular flexibility index (Phi) is 7.00. The Labute approximate surface area is 152 Å². The molecule has 0 radical (unpaired) electrons. The van der Waals surface area contributed by atoms with Gasteiger partial charge in [-0.1, -0.05) is 26.0 Å². The molecule has 1 unspecified atom stereocenters. The second-order valence-electron chi connectivity index (χ2n) is 7.24. The maximum absolute atomic E-state index is 12.3. The van der Waals surface area contributed by atoms with Gasteiger partial charge < -0.3 is 10.2 Å². The average Bonchev–Trinajstić information content (AvgIpc) is 2.60. The smallest absolute Gasteiger partial charge is 0.251 e. The van der Waals surface area contributed by atoms with Crippen molar-refractivity contribution in [1.82, 2.24) is 15.1 Å². The van der Waals surface area contributed by atoms with E-state index in [1.807, 2.05) is 43.9 Å². The van der Waals surface area contributed by atoms with Gasteiger partial charge in [-0.15, -0.1) is 0 Å². The molecule has 1 aromatic carbocycles. The summed E-state index contributed by atoms with van der Waals surface area (Å²) in [7, 11) is 0. The van der Waals surface area contributed by atoms with Crippen LogP contribution in [0.3, 0.4) is 0 Å². The highest BCUT2D eigenvalue weighted by Gasteiger charge is 2.24. The third-order valence-corrected chi connectivity index (χ3v) is 4.73. The largest absolute Gasteiger partial charge is 0.350 e. The number of hydrogen-bond acceptors (Lipinski definition) is 3. The minimum Gasteiger partial charge on any atom is -0.350 e. The van der Waals surface area contributed by atoms with Crippen LogP contribution in [0.5, 0.6) is 0 Å². The monoisotopic (exact) mass is 347 g/mol. The SMILES string of the molecule is CCC(C)C(=O)N1CCN(Cc2cccc(C(=O)NC(C)C)c2)CC1.[HH]. The van der Waals surface area contributed by atoms with E-state index in [0.29, 0.717) is 5.56 Å². The van der Waals surface area contributed by atoms with Crippen molar-refractivity contribution in [3.05, 3.63) is 35.4 Å². The summed E-state index contributed by atoms with van der Waals surface area (Å²) in [5, 5.41) is 2.93. The van der Waals surface area contributed by atoms with E-state index in [0.717, 1.165) is 44.7 Å². The van der Waals surface area contributed by atoms with E-state index in [1.54, 1.807) is 0 Å². The van der Waals surface area contributed by atoms with Crippen molar-refractivity contribution in [1.29, 1.82) is 0 Å². The standard InChI is InChI=1S/C20H31N3O2.H2/c1-5-16(4)20(25)23-11-9-22(10-12-23)14-17-7-6-8-18(13-17)19(24)21-15(2)3;/h6-8,13,15-16H,5,9-12,14H2,1-4H3,(H,21,24);1H. The minimum atomic E-state index is -0.0270. The van der Waals surface area contributed by atoms with E-state index in [1.165, 1.54) is 0 Å². The van der Waals surface area contributed by atoms with Crippen LogP contribution >= 0.6 is 0 Å². The van der Waals surface area contributed by atoms with Gasteiger partial charge in [0.2, 0.25) is 5.91 Å². The Morgan fingerprint density at radius 2 is 1.84 bits per heavy atom. The molecule has 0 spiro atoms. The summed E-state index contributed by atoms with van der Waals surface area (Å²) in [5.41, 5.74) is 1.84. The van der Waals surface area contributed by atoms with Crippen LogP contribution in [0.1, 0.15) is 51.5 Å². The molecule has 1 atom stereocenters.